The fraction of sp³-hybridized carbons (Fsp3) is 0.200. The first kappa shape index (κ1) is 12.6. The van der Waals surface area contributed by atoms with Gasteiger partial charge in [-0.3, -0.25) is 0 Å². The van der Waals surface area contributed by atoms with E-state index in [0.29, 0.717) is 12.1 Å². The normalized spacial score (nSPS) is 10.4. The van der Waals surface area contributed by atoms with Crippen molar-refractivity contribution >= 4 is 0 Å². The lowest BCUT2D eigenvalue weighted by Gasteiger charge is -2.08. The summed E-state index contributed by atoms with van der Waals surface area (Å²) >= 11 is 0. The van der Waals surface area contributed by atoms with Crippen LogP contribution < -0.4 is 10.5 Å². The van der Waals surface area contributed by atoms with Crippen molar-refractivity contribution in [3.8, 4) is 5.75 Å². The lowest BCUT2D eigenvalue weighted by atomic mass is 10.1. The number of hydrogen-bond donors (Lipinski definition) is 1. The smallest absolute Gasteiger partial charge is 0.130 e. The molecule has 0 heterocycles. The molecule has 0 aliphatic carbocycles. The second-order valence-corrected chi connectivity index (χ2v) is 4.23. The lowest BCUT2D eigenvalue weighted by molar-refractivity contribution is 0.299. The molecule has 0 atom stereocenters. The van der Waals surface area contributed by atoms with Crippen molar-refractivity contribution in [2.24, 2.45) is 5.73 Å². The molecule has 94 valence electrons. The van der Waals surface area contributed by atoms with Gasteiger partial charge < -0.3 is 10.5 Å². The van der Waals surface area contributed by atoms with Crippen molar-refractivity contribution in [3.63, 3.8) is 0 Å². The number of nitrogens with two attached hydrogens (primary N) is 1. The van der Waals surface area contributed by atoms with Gasteiger partial charge in [0, 0.05) is 12.1 Å². The molecule has 0 fully saturated rings. The Balaban J connectivity index is 2.04. The van der Waals surface area contributed by atoms with Gasteiger partial charge >= 0.3 is 0 Å². The number of hydrogen-bond acceptors (Lipinski definition) is 2. The van der Waals surface area contributed by atoms with Crippen LogP contribution in [0.5, 0.6) is 5.75 Å². The Bertz CT molecular complexity index is 523. The maximum Gasteiger partial charge on any atom is 0.130 e. The van der Waals surface area contributed by atoms with E-state index in [4.69, 9.17) is 10.5 Å². The van der Waals surface area contributed by atoms with Gasteiger partial charge in [0.2, 0.25) is 0 Å². The Kier molecular flexibility index (Phi) is 3.95. The summed E-state index contributed by atoms with van der Waals surface area (Å²) < 4.78 is 19.2. The maximum absolute atomic E-state index is 13.7. The van der Waals surface area contributed by atoms with Gasteiger partial charge in [-0.15, -0.1) is 0 Å². The molecular weight excluding hydrogens is 229 g/mol. The molecule has 0 aromatic heterocycles. The van der Waals surface area contributed by atoms with E-state index in [-0.39, 0.29) is 12.4 Å². The highest BCUT2D eigenvalue weighted by atomic mass is 19.1. The molecule has 18 heavy (non-hydrogen) atoms. The number of rotatable bonds is 4. The van der Waals surface area contributed by atoms with E-state index in [1.807, 2.05) is 37.3 Å². The summed E-state index contributed by atoms with van der Waals surface area (Å²) in [6, 6.07) is 12.7. The van der Waals surface area contributed by atoms with Gasteiger partial charge in [-0.25, -0.2) is 4.39 Å². The standard InChI is InChI=1S/C15H16FNO/c1-11-2-6-14(7-3-11)18-10-13-5-4-12(9-17)8-15(13)16/h2-8H,9-10,17H2,1H3. The Morgan fingerprint density at radius 3 is 2.44 bits per heavy atom. The molecule has 0 amide bonds. The largest absolute Gasteiger partial charge is 0.489 e. The van der Waals surface area contributed by atoms with Crippen LogP contribution in [0.25, 0.3) is 0 Å². The molecular formula is C15H16FNO. The summed E-state index contributed by atoms with van der Waals surface area (Å²) in [7, 11) is 0. The molecule has 2 rings (SSSR count). The van der Waals surface area contributed by atoms with E-state index in [9.17, 15) is 4.39 Å². The van der Waals surface area contributed by atoms with Gasteiger partial charge in [-0.05, 0) is 30.7 Å². The van der Waals surface area contributed by atoms with Crippen LogP contribution in [-0.4, -0.2) is 0 Å². The number of benzene rings is 2. The van der Waals surface area contributed by atoms with Crippen molar-refractivity contribution in [1.29, 1.82) is 0 Å². The first-order valence-corrected chi connectivity index (χ1v) is 5.86. The third-order valence-corrected chi connectivity index (χ3v) is 2.77. The van der Waals surface area contributed by atoms with Crippen LogP contribution in [0, 0.1) is 12.7 Å². The zero-order chi connectivity index (χ0) is 13.0. The first-order chi connectivity index (χ1) is 8.69. The minimum Gasteiger partial charge on any atom is -0.489 e. The Labute approximate surface area is 106 Å². The average Bonchev–Trinajstić information content (AvgIpc) is 2.39. The fourth-order valence-electron chi connectivity index (χ4n) is 1.63. The molecule has 0 saturated heterocycles. The molecule has 0 unspecified atom stereocenters. The number of ether oxygens (including phenoxy) is 1. The molecule has 3 heteroatoms. The van der Waals surface area contributed by atoms with E-state index in [1.54, 1.807) is 6.07 Å². The quantitative estimate of drug-likeness (QED) is 0.898. The van der Waals surface area contributed by atoms with Crippen molar-refractivity contribution in [2.75, 3.05) is 0 Å². The fourth-order valence-corrected chi connectivity index (χ4v) is 1.63. The molecule has 0 aliphatic heterocycles. The summed E-state index contributed by atoms with van der Waals surface area (Å²) in [4.78, 5) is 0. The molecule has 0 radical (unpaired) electrons. The van der Waals surface area contributed by atoms with Gasteiger partial charge in [-0.1, -0.05) is 29.8 Å². The number of halogens is 1. The van der Waals surface area contributed by atoms with Crippen LogP contribution >= 0.6 is 0 Å². The SMILES string of the molecule is Cc1ccc(OCc2ccc(CN)cc2F)cc1. The zero-order valence-electron chi connectivity index (χ0n) is 10.3. The minimum absolute atomic E-state index is 0.222. The third-order valence-electron chi connectivity index (χ3n) is 2.77. The molecule has 2 N–H and O–H groups in total. The zero-order valence-corrected chi connectivity index (χ0v) is 10.3. The predicted molar refractivity (Wildman–Crippen MR) is 69.8 cm³/mol. The Morgan fingerprint density at radius 2 is 1.83 bits per heavy atom. The van der Waals surface area contributed by atoms with E-state index >= 15 is 0 Å². The highest BCUT2D eigenvalue weighted by Gasteiger charge is 2.04. The van der Waals surface area contributed by atoms with Crippen LogP contribution in [0.4, 0.5) is 4.39 Å². The molecule has 2 nitrogen and oxygen atoms in total. The minimum atomic E-state index is -0.273. The first-order valence-electron chi connectivity index (χ1n) is 5.86. The van der Waals surface area contributed by atoms with Crippen molar-refractivity contribution in [1.82, 2.24) is 0 Å². The third kappa shape index (κ3) is 3.08. The highest BCUT2D eigenvalue weighted by Crippen LogP contribution is 2.16. The second kappa shape index (κ2) is 5.65. The van der Waals surface area contributed by atoms with Crippen LogP contribution in [0.2, 0.25) is 0 Å². The van der Waals surface area contributed by atoms with Crippen LogP contribution in [0.1, 0.15) is 16.7 Å². The second-order valence-electron chi connectivity index (χ2n) is 4.23. The van der Waals surface area contributed by atoms with Gasteiger partial charge in [0.15, 0.2) is 0 Å². The molecule has 0 spiro atoms. The Morgan fingerprint density at radius 1 is 1.11 bits per heavy atom. The van der Waals surface area contributed by atoms with E-state index < -0.39 is 0 Å². The summed E-state index contributed by atoms with van der Waals surface area (Å²) in [5, 5.41) is 0. The molecule has 2 aromatic carbocycles. The summed E-state index contributed by atoms with van der Waals surface area (Å²) in [6.45, 7) is 2.57. The van der Waals surface area contributed by atoms with Crippen LogP contribution in [0.15, 0.2) is 42.5 Å². The van der Waals surface area contributed by atoms with E-state index in [1.165, 1.54) is 11.6 Å². The number of aryl methyl sites for hydroxylation is 1. The van der Waals surface area contributed by atoms with Crippen LogP contribution in [-0.2, 0) is 13.2 Å². The van der Waals surface area contributed by atoms with Crippen molar-refractivity contribution < 1.29 is 9.13 Å². The van der Waals surface area contributed by atoms with Gasteiger partial charge in [0.25, 0.3) is 0 Å². The van der Waals surface area contributed by atoms with E-state index in [0.717, 1.165) is 11.3 Å². The average molecular weight is 245 g/mol. The topological polar surface area (TPSA) is 35.2 Å². The van der Waals surface area contributed by atoms with Crippen molar-refractivity contribution in [3.05, 3.63) is 65.0 Å². The Hall–Kier alpha value is -1.87. The van der Waals surface area contributed by atoms with Gasteiger partial charge in [-0.2, -0.15) is 0 Å². The van der Waals surface area contributed by atoms with Gasteiger partial charge in [0.1, 0.15) is 18.2 Å². The highest BCUT2D eigenvalue weighted by molar-refractivity contribution is 5.28. The monoisotopic (exact) mass is 245 g/mol. The summed E-state index contributed by atoms with van der Waals surface area (Å²) in [5.74, 6) is 0.466. The lowest BCUT2D eigenvalue weighted by Crippen LogP contribution is -2.02. The molecule has 0 saturated carbocycles. The van der Waals surface area contributed by atoms with Crippen molar-refractivity contribution in [2.45, 2.75) is 20.1 Å². The van der Waals surface area contributed by atoms with Crippen LogP contribution in [0.3, 0.4) is 0 Å². The maximum atomic E-state index is 13.7. The molecule has 0 bridgehead atoms. The van der Waals surface area contributed by atoms with Gasteiger partial charge in [0.05, 0.1) is 0 Å². The summed E-state index contributed by atoms with van der Waals surface area (Å²) in [5.41, 5.74) is 7.94. The summed E-state index contributed by atoms with van der Waals surface area (Å²) in [6.07, 6.45) is 0. The predicted octanol–water partition coefficient (Wildman–Crippen LogP) is 3.17. The van der Waals surface area contributed by atoms with E-state index in [2.05, 4.69) is 0 Å². The molecule has 2 aromatic rings. The molecule has 0 aliphatic rings.